The second-order valence-electron chi connectivity index (χ2n) is 3.27. The van der Waals surface area contributed by atoms with Crippen molar-refractivity contribution in [3.63, 3.8) is 0 Å². The van der Waals surface area contributed by atoms with Crippen LogP contribution in [0.4, 0.5) is 13.2 Å². The summed E-state index contributed by atoms with van der Waals surface area (Å²) in [6.45, 7) is 1.08. The normalized spacial score (nSPS) is 10.8. The number of alkyl halides is 3. The van der Waals surface area contributed by atoms with Crippen LogP contribution in [0.3, 0.4) is 0 Å². The number of halogens is 3. The lowest BCUT2D eigenvalue weighted by molar-refractivity contribution is -0.137. The smallest absolute Gasteiger partial charge is 0.298 e. The van der Waals surface area contributed by atoms with Crippen LogP contribution in [0.15, 0.2) is 12.1 Å². The zero-order valence-electron chi connectivity index (χ0n) is 8.63. The predicted molar refractivity (Wildman–Crippen MR) is 51.6 cm³/mol. The van der Waals surface area contributed by atoms with Crippen molar-refractivity contribution in [1.29, 1.82) is 5.26 Å². The number of nitrogens with zero attached hydrogens (tertiary/aromatic N) is 1. The monoisotopic (exact) mass is 241 g/mol. The van der Waals surface area contributed by atoms with E-state index in [1.165, 1.54) is 6.07 Å². The van der Waals surface area contributed by atoms with Gasteiger partial charge in [0.05, 0.1) is 17.2 Å². The van der Waals surface area contributed by atoms with Gasteiger partial charge in [0.1, 0.15) is 0 Å². The molecular formula is C11H6F3NO2. The van der Waals surface area contributed by atoms with Gasteiger partial charge in [-0.3, -0.25) is 9.59 Å². The molecule has 0 aromatic heterocycles. The van der Waals surface area contributed by atoms with Crippen molar-refractivity contribution in [2.24, 2.45) is 0 Å². The third-order valence-electron chi connectivity index (χ3n) is 2.10. The Kier molecular flexibility index (Phi) is 3.32. The molecule has 0 aliphatic heterocycles. The fraction of sp³-hybridized carbons (Fsp3) is 0.182. The maximum absolute atomic E-state index is 12.4. The number of ketones is 1. The number of rotatable bonds is 2. The van der Waals surface area contributed by atoms with Crippen molar-refractivity contribution in [2.45, 2.75) is 13.1 Å². The van der Waals surface area contributed by atoms with Gasteiger partial charge >= 0.3 is 6.18 Å². The maximum atomic E-state index is 12.4. The second kappa shape index (κ2) is 4.37. The lowest BCUT2D eigenvalue weighted by Gasteiger charge is -2.10. The van der Waals surface area contributed by atoms with Crippen LogP contribution in [0.25, 0.3) is 0 Å². The highest BCUT2D eigenvalue weighted by Gasteiger charge is 2.32. The van der Waals surface area contributed by atoms with E-state index in [1.807, 2.05) is 0 Å². The number of aldehydes is 1. The summed E-state index contributed by atoms with van der Waals surface area (Å²) >= 11 is 0. The molecule has 1 rings (SSSR count). The lowest BCUT2D eigenvalue weighted by atomic mass is 9.96. The Morgan fingerprint density at radius 2 is 2.00 bits per heavy atom. The van der Waals surface area contributed by atoms with Crippen molar-refractivity contribution in [3.05, 3.63) is 34.4 Å². The van der Waals surface area contributed by atoms with Gasteiger partial charge in [-0.2, -0.15) is 18.4 Å². The van der Waals surface area contributed by atoms with Gasteiger partial charge in [0, 0.05) is 11.1 Å². The van der Waals surface area contributed by atoms with Crippen LogP contribution in [-0.2, 0) is 6.18 Å². The zero-order valence-corrected chi connectivity index (χ0v) is 8.63. The first-order valence-electron chi connectivity index (χ1n) is 4.42. The molecule has 1 aromatic carbocycles. The number of hydrogen-bond donors (Lipinski definition) is 0. The molecule has 3 nitrogen and oxygen atoms in total. The van der Waals surface area contributed by atoms with Gasteiger partial charge in [-0.15, -0.1) is 0 Å². The summed E-state index contributed by atoms with van der Waals surface area (Å²) in [4.78, 5) is 21.8. The predicted octanol–water partition coefficient (Wildman–Crippen LogP) is 2.59. The topological polar surface area (TPSA) is 57.9 Å². The van der Waals surface area contributed by atoms with E-state index in [9.17, 15) is 22.8 Å². The largest absolute Gasteiger partial charge is 0.416 e. The Bertz CT molecular complexity index is 527. The minimum Gasteiger partial charge on any atom is -0.298 e. The Morgan fingerprint density at radius 1 is 1.41 bits per heavy atom. The van der Waals surface area contributed by atoms with E-state index in [0.29, 0.717) is 12.1 Å². The Balaban J connectivity index is 3.63. The van der Waals surface area contributed by atoms with Gasteiger partial charge in [-0.05, 0) is 19.1 Å². The highest BCUT2D eigenvalue weighted by atomic mass is 19.4. The number of carbonyl (C=O) groups excluding carboxylic acids is 2. The molecule has 1 aromatic rings. The quantitative estimate of drug-likeness (QED) is 0.590. The lowest BCUT2D eigenvalue weighted by Crippen LogP contribution is -2.10. The number of benzene rings is 1. The molecule has 0 heterocycles. The highest BCUT2D eigenvalue weighted by molar-refractivity contribution is 6.03. The summed E-state index contributed by atoms with van der Waals surface area (Å²) in [5.74, 6) is -0.627. The minimum absolute atomic E-state index is 0.132. The number of hydrogen-bond acceptors (Lipinski definition) is 3. The third kappa shape index (κ3) is 2.50. The zero-order chi connectivity index (χ0) is 13.2. The van der Waals surface area contributed by atoms with Crippen LogP contribution in [0.5, 0.6) is 0 Å². The first-order valence-corrected chi connectivity index (χ1v) is 4.42. The first-order chi connectivity index (χ1) is 7.81. The van der Waals surface area contributed by atoms with Gasteiger partial charge in [0.25, 0.3) is 0 Å². The average Bonchev–Trinajstić information content (AvgIpc) is 2.25. The maximum Gasteiger partial charge on any atom is 0.416 e. The first kappa shape index (κ1) is 12.9. The third-order valence-corrected chi connectivity index (χ3v) is 2.10. The van der Waals surface area contributed by atoms with E-state index in [1.54, 1.807) is 0 Å². The van der Waals surface area contributed by atoms with Gasteiger partial charge in [0.15, 0.2) is 12.1 Å². The molecule has 0 amide bonds. The molecule has 0 bridgehead atoms. The molecule has 0 saturated carbocycles. The average molecular weight is 241 g/mol. The minimum atomic E-state index is -4.67. The molecule has 0 fully saturated rings. The molecule has 17 heavy (non-hydrogen) atoms. The van der Waals surface area contributed by atoms with Crippen molar-refractivity contribution in [3.8, 4) is 6.07 Å². The number of carbonyl (C=O) groups is 2. The summed E-state index contributed by atoms with van der Waals surface area (Å²) in [5, 5.41) is 8.69. The molecule has 0 radical (unpaired) electrons. The molecule has 6 heteroatoms. The molecular weight excluding hydrogens is 235 g/mol. The summed E-state index contributed by atoms with van der Waals surface area (Å²) in [6, 6.07) is 2.60. The fourth-order valence-electron chi connectivity index (χ4n) is 1.40. The van der Waals surface area contributed by atoms with E-state index < -0.39 is 28.6 Å². The van der Waals surface area contributed by atoms with Gasteiger partial charge < -0.3 is 0 Å². The molecule has 0 saturated heterocycles. The van der Waals surface area contributed by atoms with Crippen molar-refractivity contribution >= 4 is 12.1 Å². The summed E-state index contributed by atoms with van der Waals surface area (Å²) in [5.41, 5.74) is -2.28. The van der Waals surface area contributed by atoms with Crippen LogP contribution in [-0.4, -0.2) is 12.1 Å². The molecule has 88 valence electrons. The number of Topliss-reactive ketones (excluding diaryl/α,β-unsaturated/α-hetero) is 1. The van der Waals surface area contributed by atoms with E-state index >= 15 is 0 Å². The van der Waals surface area contributed by atoms with Crippen molar-refractivity contribution < 1.29 is 22.8 Å². The van der Waals surface area contributed by atoms with E-state index in [-0.39, 0.29) is 11.8 Å². The summed E-state index contributed by atoms with van der Waals surface area (Å²) in [7, 11) is 0. The van der Waals surface area contributed by atoms with Crippen LogP contribution in [0.1, 0.15) is 38.8 Å². The SMILES string of the molecule is CC(=O)c1c(C#N)cc(C(F)(F)F)cc1C=O. The molecule has 0 N–H and O–H groups in total. The van der Waals surface area contributed by atoms with E-state index in [0.717, 1.165) is 6.92 Å². The number of nitriles is 1. The van der Waals surface area contributed by atoms with Gasteiger partial charge in [-0.25, -0.2) is 0 Å². The van der Waals surface area contributed by atoms with E-state index in [2.05, 4.69) is 0 Å². The Labute approximate surface area is 94.5 Å². The van der Waals surface area contributed by atoms with Crippen molar-refractivity contribution in [1.82, 2.24) is 0 Å². The van der Waals surface area contributed by atoms with E-state index in [4.69, 9.17) is 5.26 Å². The Hall–Kier alpha value is -2.16. The molecule has 0 spiro atoms. The van der Waals surface area contributed by atoms with Crippen LogP contribution < -0.4 is 0 Å². The van der Waals surface area contributed by atoms with Crippen LogP contribution >= 0.6 is 0 Å². The van der Waals surface area contributed by atoms with Crippen molar-refractivity contribution in [2.75, 3.05) is 0 Å². The van der Waals surface area contributed by atoms with Gasteiger partial charge in [-0.1, -0.05) is 0 Å². The van der Waals surface area contributed by atoms with Gasteiger partial charge in [0.2, 0.25) is 0 Å². The summed E-state index contributed by atoms with van der Waals surface area (Å²) < 4.78 is 37.3. The molecule has 0 atom stereocenters. The van der Waals surface area contributed by atoms with Crippen LogP contribution in [0, 0.1) is 11.3 Å². The summed E-state index contributed by atoms with van der Waals surface area (Å²) in [6.07, 6.45) is -4.54. The molecule has 0 aliphatic rings. The standard InChI is InChI=1S/C11H6F3NO2/c1-6(17)10-7(4-15)2-9(11(12,13)14)3-8(10)5-16/h2-3,5H,1H3. The molecule has 0 unspecified atom stereocenters. The second-order valence-corrected chi connectivity index (χ2v) is 3.27. The Morgan fingerprint density at radius 3 is 2.35 bits per heavy atom. The van der Waals surface area contributed by atoms with Crippen LogP contribution in [0.2, 0.25) is 0 Å². The molecule has 0 aliphatic carbocycles. The highest BCUT2D eigenvalue weighted by Crippen LogP contribution is 2.31. The fourth-order valence-corrected chi connectivity index (χ4v) is 1.40.